The number of nitrogens with one attached hydrogen (secondary N) is 2. The maximum absolute atomic E-state index is 13.0. The highest BCUT2D eigenvalue weighted by Crippen LogP contribution is 2.17. The third-order valence-electron chi connectivity index (χ3n) is 3.05. The summed E-state index contributed by atoms with van der Waals surface area (Å²) in [5.41, 5.74) is 0.422. The first-order valence-electron chi connectivity index (χ1n) is 5.98. The van der Waals surface area contributed by atoms with Crippen molar-refractivity contribution < 1.29 is 12.8 Å². The second kappa shape index (κ2) is 5.34. The Balaban J connectivity index is 2.19. The van der Waals surface area contributed by atoms with Crippen molar-refractivity contribution in [2.75, 3.05) is 13.1 Å². The van der Waals surface area contributed by atoms with Crippen LogP contribution in [0.2, 0.25) is 0 Å². The van der Waals surface area contributed by atoms with Crippen molar-refractivity contribution in [1.29, 1.82) is 0 Å². The molecule has 1 atom stereocenters. The van der Waals surface area contributed by atoms with E-state index in [-0.39, 0.29) is 10.9 Å². The van der Waals surface area contributed by atoms with Gasteiger partial charge in [0.2, 0.25) is 10.0 Å². The molecule has 1 fully saturated rings. The van der Waals surface area contributed by atoms with Gasteiger partial charge in [0, 0.05) is 12.6 Å². The summed E-state index contributed by atoms with van der Waals surface area (Å²) >= 11 is 0. The molecule has 0 aliphatic carbocycles. The fourth-order valence-corrected chi connectivity index (χ4v) is 3.65. The highest BCUT2D eigenvalue weighted by molar-refractivity contribution is 7.89. The molecule has 100 valence electrons. The summed E-state index contributed by atoms with van der Waals surface area (Å²) < 4.78 is 40.0. The van der Waals surface area contributed by atoms with Gasteiger partial charge >= 0.3 is 0 Å². The minimum Gasteiger partial charge on any atom is -0.315 e. The molecule has 0 aromatic heterocycles. The Kier molecular flexibility index (Phi) is 3.99. The average molecular weight is 272 g/mol. The van der Waals surface area contributed by atoms with Crippen LogP contribution < -0.4 is 10.0 Å². The predicted molar refractivity (Wildman–Crippen MR) is 67.4 cm³/mol. The lowest BCUT2D eigenvalue weighted by Gasteiger charge is -2.24. The Hall–Kier alpha value is -0.980. The van der Waals surface area contributed by atoms with E-state index in [1.54, 1.807) is 6.92 Å². The van der Waals surface area contributed by atoms with Crippen molar-refractivity contribution in [2.24, 2.45) is 0 Å². The van der Waals surface area contributed by atoms with E-state index in [9.17, 15) is 12.8 Å². The maximum Gasteiger partial charge on any atom is 0.241 e. The molecule has 1 aliphatic rings. The molecule has 1 saturated heterocycles. The number of sulfonamides is 1. The number of benzene rings is 1. The predicted octanol–water partition coefficient (Wildman–Crippen LogP) is 1.16. The van der Waals surface area contributed by atoms with Gasteiger partial charge in [0.15, 0.2) is 0 Å². The Morgan fingerprint density at radius 2 is 2.22 bits per heavy atom. The van der Waals surface area contributed by atoms with Crippen molar-refractivity contribution in [1.82, 2.24) is 10.0 Å². The fourth-order valence-electron chi connectivity index (χ4n) is 2.15. The van der Waals surface area contributed by atoms with Crippen LogP contribution in [0.1, 0.15) is 18.4 Å². The van der Waals surface area contributed by atoms with Gasteiger partial charge in [0.25, 0.3) is 0 Å². The fraction of sp³-hybridized carbons (Fsp3) is 0.500. The molecule has 1 unspecified atom stereocenters. The molecular formula is C12H17FN2O2S. The lowest BCUT2D eigenvalue weighted by molar-refractivity contribution is 0.428. The van der Waals surface area contributed by atoms with E-state index in [2.05, 4.69) is 10.0 Å². The molecule has 1 heterocycles. The smallest absolute Gasteiger partial charge is 0.241 e. The van der Waals surface area contributed by atoms with Gasteiger partial charge in [-0.1, -0.05) is 0 Å². The highest BCUT2D eigenvalue weighted by Gasteiger charge is 2.23. The number of halogens is 1. The highest BCUT2D eigenvalue weighted by atomic mass is 32.2. The van der Waals surface area contributed by atoms with E-state index < -0.39 is 15.8 Å². The van der Waals surface area contributed by atoms with Crippen LogP contribution in [0.3, 0.4) is 0 Å². The summed E-state index contributed by atoms with van der Waals surface area (Å²) in [4.78, 5) is 0.148. The van der Waals surface area contributed by atoms with Crippen LogP contribution in [-0.4, -0.2) is 27.5 Å². The topological polar surface area (TPSA) is 58.2 Å². The lowest BCUT2D eigenvalue weighted by Crippen LogP contribution is -2.45. The van der Waals surface area contributed by atoms with Gasteiger partial charge in [0.05, 0.1) is 4.90 Å². The van der Waals surface area contributed by atoms with Crippen molar-refractivity contribution in [2.45, 2.75) is 30.7 Å². The van der Waals surface area contributed by atoms with Crippen molar-refractivity contribution in [3.8, 4) is 0 Å². The zero-order chi connectivity index (χ0) is 13.2. The minimum absolute atomic E-state index is 0.0896. The number of hydrogen-bond acceptors (Lipinski definition) is 3. The van der Waals surface area contributed by atoms with Crippen molar-refractivity contribution in [3.05, 3.63) is 29.6 Å². The molecule has 0 bridgehead atoms. The van der Waals surface area contributed by atoms with Crippen LogP contribution in [0.5, 0.6) is 0 Å². The molecule has 0 saturated carbocycles. The molecule has 18 heavy (non-hydrogen) atoms. The first kappa shape index (κ1) is 13.5. The molecule has 2 N–H and O–H groups in total. The van der Waals surface area contributed by atoms with Gasteiger partial charge in [-0.3, -0.25) is 0 Å². The minimum atomic E-state index is -3.56. The number of rotatable bonds is 3. The molecule has 0 spiro atoms. The van der Waals surface area contributed by atoms with E-state index in [4.69, 9.17) is 0 Å². The van der Waals surface area contributed by atoms with Crippen molar-refractivity contribution in [3.63, 3.8) is 0 Å². The van der Waals surface area contributed by atoms with E-state index in [1.807, 2.05) is 0 Å². The third-order valence-corrected chi connectivity index (χ3v) is 4.73. The largest absolute Gasteiger partial charge is 0.315 e. The Labute approximate surface area is 107 Å². The first-order chi connectivity index (χ1) is 8.49. The summed E-state index contributed by atoms with van der Waals surface area (Å²) in [6.45, 7) is 3.16. The quantitative estimate of drug-likeness (QED) is 0.868. The van der Waals surface area contributed by atoms with Crippen LogP contribution in [0, 0.1) is 12.7 Å². The summed E-state index contributed by atoms with van der Waals surface area (Å²) in [6, 6.07) is 3.62. The lowest BCUT2D eigenvalue weighted by atomic mass is 10.1. The van der Waals surface area contributed by atoms with Gasteiger partial charge in [-0.25, -0.2) is 17.5 Å². The van der Waals surface area contributed by atoms with Crippen LogP contribution in [0.4, 0.5) is 4.39 Å². The van der Waals surface area contributed by atoms with Crippen LogP contribution in [0.15, 0.2) is 23.1 Å². The Bertz CT molecular complexity index is 525. The molecule has 4 nitrogen and oxygen atoms in total. The summed E-state index contributed by atoms with van der Waals surface area (Å²) in [5.74, 6) is -0.425. The molecule has 1 aromatic rings. The van der Waals surface area contributed by atoms with E-state index in [0.29, 0.717) is 12.1 Å². The van der Waals surface area contributed by atoms with Crippen LogP contribution >= 0.6 is 0 Å². The van der Waals surface area contributed by atoms with Crippen molar-refractivity contribution >= 4 is 10.0 Å². The monoisotopic (exact) mass is 272 g/mol. The Morgan fingerprint density at radius 1 is 1.44 bits per heavy atom. The van der Waals surface area contributed by atoms with E-state index in [0.717, 1.165) is 19.4 Å². The molecule has 2 rings (SSSR count). The van der Waals surface area contributed by atoms with Crippen LogP contribution in [0.25, 0.3) is 0 Å². The third kappa shape index (κ3) is 3.07. The summed E-state index contributed by atoms with van der Waals surface area (Å²) in [7, 11) is -3.56. The molecule has 6 heteroatoms. The molecule has 0 amide bonds. The van der Waals surface area contributed by atoms with Crippen LogP contribution in [-0.2, 0) is 10.0 Å². The number of piperidine rings is 1. The van der Waals surface area contributed by atoms with Gasteiger partial charge in [-0.05, 0) is 50.1 Å². The van der Waals surface area contributed by atoms with Gasteiger partial charge in [-0.2, -0.15) is 0 Å². The average Bonchev–Trinajstić information content (AvgIpc) is 2.29. The van der Waals surface area contributed by atoms with Gasteiger partial charge in [-0.15, -0.1) is 0 Å². The zero-order valence-corrected chi connectivity index (χ0v) is 11.1. The van der Waals surface area contributed by atoms with E-state index >= 15 is 0 Å². The molecule has 0 radical (unpaired) electrons. The molecule has 1 aromatic carbocycles. The van der Waals surface area contributed by atoms with E-state index in [1.165, 1.54) is 18.2 Å². The molecule has 1 aliphatic heterocycles. The summed E-state index contributed by atoms with van der Waals surface area (Å²) in [6.07, 6.45) is 1.78. The second-order valence-corrected chi connectivity index (χ2v) is 6.26. The molecular weight excluding hydrogens is 255 g/mol. The normalized spacial score (nSPS) is 20.9. The SMILES string of the molecule is Cc1cc(F)ccc1S(=O)(=O)NC1CCCNC1. The van der Waals surface area contributed by atoms with Gasteiger partial charge in [0.1, 0.15) is 5.82 Å². The maximum atomic E-state index is 13.0. The Morgan fingerprint density at radius 3 is 2.83 bits per heavy atom. The second-order valence-electron chi connectivity index (χ2n) is 4.57. The summed E-state index contributed by atoms with van der Waals surface area (Å²) in [5, 5.41) is 3.15. The zero-order valence-electron chi connectivity index (χ0n) is 10.2. The first-order valence-corrected chi connectivity index (χ1v) is 7.46. The number of aryl methyl sites for hydroxylation is 1. The number of hydrogen-bond donors (Lipinski definition) is 2. The van der Waals surface area contributed by atoms with Gasteiger partial charge < -0.3 is 5.32 Å². The standard InChI is InChI=1S/C12H17FN2O2S/c1-9-7-10(13)4-5-12(9)18(16,17)15-11-3-2-6-14-8-11/h4-5,7,11,14-15H,2-3,6,8H2,1H3.